The molecule has 422 valence electrons. The number of nitrogen functional groups attached to an aromatic ring is 1. The van der Waals surface area contributed by atoms with E-state index in [1.54, 1.807) is 31.3 Å². The van der Waals surface area contributed by atoms with Crippen molar-refractivity contribution in [3.63, 3.8) is 0 Å². The molecule has 6 aromatic rings. The molecule has 6 heterocycles. The lowest BCUT2D eigenvalue weighted by Gasteiger charge is -2.35. The lowest BCUT2D eigenvalue weighted by molar-refractivity contribution is -0.127. The number of benzene rings is 4. The molecular formula is C62H66ClF3N10O4S. The van der Waals surface area contributed by atoms with Crippen molar-refractivity contribution in [3.8, 4) is 11.8 Å². The van der Waals surface area contributed by atoms with Crippen LogP contribution in [-0.2, 0) is 52.3 Å². The van der Waals surface area contributed by atoms with Gasteiger partial charge in [-0.05, 0) is 156 Å². The second-order valence-corrected chi connectivity index (χ2v) is 24.2. The van der Waals surface area contributed by atoms with Crippen LogP contribution < -0.4 is 42.1 Å². The molecule has 0 spiro atoms. The Morgan fingerprint density at radius 1 is 0.889 bits per heavy atom. The number of likely N-dealkylation sites (tertiary alicyclic amines) is 1. The van der Waals surface area contributed by atoms with Crippen LogP contribution in [0.3, 0.4) is 0 Å². The summed E-state index contributed by atoms with van der Waals surface area (Å²) in [6.45, 7) is 9.76. The number of fused-ring (bicyclic) bond motifs is 5. The average molecular weight is 1140 g/mol. The van der Waals surface area contributed by atoms with E-state index in [1.807, 2.05) is 19.1 Å². The standard InChI is InChI=1S/C62H66ClF3N10O4S/c1-35(53-17-15-45-57(67)55(81-60(45)73-53)31-69-41-11-8-39-28-44(14-9-38(39)27-41)75-32-42-12-13-43(33-75)72-42)71-59(79)37-19-22-74(23-20-37)24-21-68-56(77)18-7-36-25-51(65)46(52(66)26-36)30-70-58(78)40-10-16-48-54(29-40)76(61(80)62(48,2)3)34-47-49(63)5-4-6-50(47)64/h4-6,9-10,14-17,25-26,28-29,35,37,41-43,69,72H,8,11-13,19-24,27,30-34,67H2,1-3H3,(H,68,77)(H,70,78)(H,71,79)/t35?,41-,42-,43+/m0/s1. The highest BCUT2D eigenvalue weighted by atomic mass is 35.5. The van der Waals surface area contributed by atoms with Gasteiger partial charge < -0.3 is 47.0 Å². The quantitative estimate of drug-likeness (QED) is 0.0548. The zero-order valence-corrected chi connectivity index (χ0v) is 47.2. The van der Waals surface area contributed by atoms with Gasteiger partial charge in [0.05, 0.1) is 29.4 Å². The molecule has 19 heteroatoms. The highest BCUT2D eigenvalue weighted by Crippen LogP contribution is 2.44. The number of hydrogen-bond acceptors (Lipinski definition) is 11. The van der Waals surface area contributed by atoms with Crippen molar-refractivity contribution in [2.75, 3.05) is 54.8 Å². The molecule has 4 aliphatic heterocycles. The van der Waals surface area contributed by atoms with Gasteiger partial charge in [-0.2, -0.15) is 0 Å². The van der Waals surface area contributed by atoms with Crippen LogP contribution in [0, 0.1) is 35.2 Å². The van der Waals surface area contributed by atoms with Gasteiger partial charge >= 0.3 is 0 Å². The summed E-state index contributed by atoms with van der Waals surface area (Å²) in [7, 11) is 0. The third kappa shape index (κ3) is 12.0. The smallest absolute Gasteiger partial charge is 0.296 e. The summed E-state index contributed by atoms with van der Waals surface area (Å²) in [4.78, 5) is 65.9. The SMILES string of the molecule is CC(NC(=O)C1CCN(CCNC(=O)C#Cc2cc(F)c(CNC(=O)c3ccc4c(c3)N(Cc3c(F)cccc3Cl)C(=O)C4(C)C)c(F)c2)CC1)c1ccc2c(N)c(CN[C@H]3CCc4cc(N5C[C@H]6CC[C@@H](C5)N6)ccc4C3)sc2n1. The van der Waals surface area contributed by atoms with Gasteiger partial charge in [-0.1, -0.05) is 35.7 Å². The Bertz CT molecular complexity index is 3460. The van der Waals surface area contributed by atoms with E-state index in [2.05, 4.69) is 66.4 Å². The van der Waals surface area contributed by atoms with Crippen LogP contribution in [0.25, 0.3) is 10.2 Å². The number of piperidine rings is 1. The Morgan fingerprint density at radius 3 is 2.41 bits per heavy atom. The first kappa shape index (κ1) is 55.9. The molecule has 3 saturated heterocycles. The minimum absolute atomic E-state index is 0.0211. The summed E-state index contributed by atoms with van der Waals surface area (Å²) in [6, 6.07) is 23.2. The van der Waals surface area contributed by atoms with E-state index in [9.17, 15) is 23.6 Å². The number of piperazine rings is 1. The number of pyridine rings is 1. The number of nitrogens with zero attached hydrogens (tertiary/aromatic N) is 4. The molecule has 4 aromatic carbocycles. The molecule has 4 amide bonds. The van der Waals surface area contributed by atoms with E-state index in [0.717, 1.165) is 71.0 Å². The lowest BCUT2D eigenvalue weighted by Crippen LogP contribution is -2.51. The van der Waals surface area contributed by atoms with Gasteiger partial charge in [-0.25, -0.2) is 18.2 Å². The van der Waals surface area contributed by atoms with Crippen LogP contribution in [0.1, 0.15) is 113 Å². The number of amides is 4. The maximum atomic E-state index is 15.3. The normalized spacial score (nSPS) is 19.9. The highest BCUT2D eigenvalue weighted by molar-refractivity contribution is 7.19. The van der Waals surface area contributed by atoms with Gasteiger partial charge in [-0.15, -0.1) is 11.3 Å². The minimum atomic E-state index is -0.969. The predicted octanol–water partition coefficient (Wildman–Crippen LogP) is 8.35. The van der Waals surface area contributed by atoms with Crippen LogP contribution in [0.4, 0.5) is 30.2 Å². The molecule has 3 fully saturated rings. The highest BCUT2D eigenvalue weighted by Gasteiger charge is 2.44. The van der Waals surface area contributed by atoms with Gasteiger partial charge in [0.2, 0.25) is 11.8 Å². The number of nitrogens with one attached hydrogen (secondary N) is 5. The van der Waals surface area contributed by atoms with Crippen LogP contribution in [0.5, 0.6) is 0 Å². The van der Waals surface area contributed by atoms with E-state index >= 15 is 8.78 Å². The van der Waals surface area contributed by atoms with Crippen molar-refractivity contribution < 1.29 is 32.3 Å². The first-order valence-corrected chi connectivity index (χ1v) is 29.2. The fraction of sp³-hybridized carbons (Fsp3) is 0.403. The number of halogens is 4. The lowest BCUT2D eigenvalue weighted by atomic mass is 9.86. The number of anilines is 3. The summed E-state index contributed by atoms with van der Waals surface area (Å²) in [5.74, 6) is 0.630. The van der Waals surface area contributed by atoms with E-state index < -0.39 is 46.8 Å². The number of carbonyl (C=O) groups excluding carboxylic acids is 4. The molecule has 2 bridgehead atoms. The average Bonchev–Trinajstić information content (AvgIpc) is 4.13. The Hall–Kier alpha value is -7.01. The molecule has 2 aromatic heterocycles. The van der Waals surface area contributed by atoms with Crippen molar-refractivity contribution in [2.45, 2.75) is 115 Å². The van der Waals surface area contributed by atoms with Crippen molar-refractivity contribution in [1.29, 1.82) is 0 Å². The molecule has 5 aliphatic rings. The maximum absolute atomic E-state index is 15.3. The summed E-state index contributed by atoms with van der Waals surface area (Å²) >= 11 is 7.87. The number of hydrogen-bond donors (Lipinski definition) is 6. The Morgan fingerprint density at radius 2 is 1.65 bits per heavy atom. The van der Waals surface area contributed by atoms with E-state index in [-0.39, 0.29) is 58.6 Å². The van der Waals surface area contributed by atoms with Crippen LogP contribution in [-0.4, -0.2) is 90.9 Å². The van der Waals surface area contributed by atoms with Gasteiger partial charge in [0.25, 0.3) is 11.8 Å². The molecule has 0 radical (unpaired) electrons. The van der Waals surface area contributed by atoms with Crippen molar-refractivity contribution in [1.82, 2.24) is 36.5 Å². The monoisotopic (exact) mass is 1140 g/mol. The molecule has 4 atom stereocenters. The molecule has 14 nitrogen and oxygen atoms in total. The second kappa shape index (κ2) is 23.5. The first-order valence-electron chi connectivity index (χ1n) is 28.0. The predicted molar refractivity (Wildman–Crippen MR) is 310 cm³/mol. The third-order valence-corrected chi connectivity index (χ3v) is 18.5. The van der Waals surface area contributed by atoms with Crippen LogP contribution in [0.15, 0.2) is 78.9 Å². The number of carbonyl (C=O) groups is 4. The van der Waals surface area contributed by atoms with Crippen molar-refractivity contribution in [3.05, 3.63) is 151 Å². The minimum Gasteiger partial charge on any atom is -0.397 e. The van der Waals surface area contributed by atoms with E-state index in [0.29, 0.717) is 68.4 Å². The summed E-state index contributed by atoms with van der Waals surface area (Å²) < 4.78 is 45.3. The molecule has 1 unspecified atom stereocenters. The molecule has 81 heavy (non-hydrogen) atoms. The van der Waals surface area contributed by atoms with E-state index in [1.165, 1.54) is 64.9 Å². The third-order valence-electron chi connectivity index (χ3n) is 17.0. The zero-order chi connectivity index (χ0) is 56.7. The number of thiophene rings is 1. The molecule has 7 N–H and O–H groups in total. The van der Waals surface area contributed by atoms with Crippen LogP contribution >= 0.6 is 22.9 Å². The van der Waals surface area contributed by atoms with Crippen molar-refractivity contribution in [2.24, 2.45) is 5.92 Å². The number of aryl methyl sites for hydroxylation is 1. The first-order chi connectivity index (χ1) is 38.9. The summed E-state index contributed by atoms with van der Waals surface area (Å²) in [5.41, 5.74) is 12.3. The molecule has 0 saturated carbocycles. The Kier molecular flexibility index (Phi) is 16.2. The Balaban J connectivity index is 0.601. The largest absolute Gasteiger partial charge is 0.397 e. The fourth-order valence-electron chi connectivity index (χ4n) is 12.2. The van der Waals surface area contributed by atoms with Crippen LogP contribution in [0.2, 0.25) is 5.02 Å². The summed E-state index contributed by atoms with van der Waals surface area (Å²) in [6.07, 6.45) is 7.00. The molecule has 1 aliphatic carbocycles. The number of nitrogens with two attached hydrogens (primary N) is 1. The van der Waals surface area contributed by atoms with Gasteiger partial charge in [-0.3, -0.25) is 19.2 Å². The maximum Gasteiger partial charge on any atom is 0.296 e. The Labute approximate surface area is 478 Å². The summed E-state index contributed by atoms with van der Waals surface area (Å²) in [5, 5.41) is 17.1. The number of rotatable bonds is 15. The topological polar surface area (TPSA) is 177 Å². The molecular weight excluding hydrogens is 1070 g/mol. The van der Waals surface area contributed by atoms with Gasteiger partial charge in [0.15, 0.2) is 0 Å². The van der Waals surface area contributed by atoms with E-state index in [4.69, 9.17) is 22.3 Å². The van der Waals surface area contributed by atoms with Gasteiger partial charge in [0.1, 0.15) is 22.3 Å². The second-order valence-electron chi connectivity index (χ2n) is 22.7. The van der Waals surface area contributed by atoms with Gasteiger partial charge in [0, 0.05) is 118 Å². The molecule has 11 rings (SSSR count). The fourth-order valence-corrected chi connectivity index (χ4v) is 13.5. The number of aromatic nitrogens is 1. The zero-order valence-electron chi connectivity index (χ0n) is 45.6. The van der Waals surface area contributed by atoms with Crippen molar-refractivity contribution >= 4 is 73.8 Å².